The lowest BCUT2D eigenvalue weighted by atomic mass is 10.0. The van der Waals surface area contributed by atoms with Gasteiger partial charge in [-0.15, -0.1) is 11.3 Å². The quantitative estimate of drug-likeness (QED) is 0.602. The van der Waals surface area contributed by atoms with Crippen molar-refractivity contribution in [3.05, 3.63) is 54.9 Å². The van der Waals surface area contributed by atoms with Gasteiger partial charge in [-0.1, -0.05) is 38.1 Å². The molecule has 0 aliphatic carbocycles. The fourth-order valence-electron chi connectivity index (χ4n) is 3.02. The minimum atomic E-state index is -0.532. The predicted octanol–water partition coefficient (Wildman–Crippen LogP) is 2.07. The van der Waals surface area contributed by atoms with Crippen LogP contribution < -0.4 is 14.8 Å². The molecule has 0 spiro atoms. The van der Waals surface area contributed by atoms with Gasteiger partial charge in [0.1, 0.15) is 11.2 Å². The standard InChI is InChI=1S/C23H30N2O4S/c1-6-24(7-2)20(26)15-25-21(14-22(27)29-8-3)30-19(23(25)28)13-17-9-11-18(12-10-17)16(4)5/h9-14,16H,6-8,15H2,1-5H3/b19-13-,21-14-. The molecular weight excluding hydrogens is 400 g/mol. The van der Waals surface area contributed by atoms with E-state index in [9.17, 15) is 14.4 Å². The number of amides is 1. The molecule has 1 heterocycles. The van der Waals surface area contributed by atoms with Gasteiger partial charge < -0.3 is 9.64 Å². The van der Waals surface area contributed by atoms with Gasteiger partial charge in [0, 0.05) is 13.1 Å². The van der Waals surface area contributed by atoms with Crippen molar-refractivity contribution in [2.24, 2.45) is 0 Å². The number of ether oxygens (including phenoxy) is 1. The number of likely N-dealkylation sites (N-methyl/N-ethyl adjacent to an activating group) is 1. The number of thiazole rings is 1. The first-order valence-electron chi connectivity index (χ1n) is 10.3. The van der Waals surface area contributed by atoms with Gasteiger partial charge >= 0.3 is 5.97 Å². The van der Waals surface area contributed by atoms with Crippen molar-refractivity contribution in [1.82, 2.24) is 9.47 Å². The van der Waals surface area contributed by atoms with Gasteiger partial charge in [0.25, 0.3) is 5.56 Å². The molecule has 1 aromatic carbocycles. The van der Waals surface area contributed by atoms with Gasteiger partial charge in [0.2, 0.25) is 5.91 Å². The summed E-state index contributed by atoms with van der Waals surface area (Å²) in [5, 5.41) is 0. The molecule has 0 aliphatic heterocycles. The Balaban J connectivity index is 2.54. The lowest BCUT2D eigenvalue weighted by Crippen LogP contribution is -2.40. The molecule has 162 valence electrons. The second kappa shape index (κ2) is 10.9. The van der Waals surface area contributed by atoms with E-state index >= 15 is 0 Å². The number of carbonyl (C=O) groups excluding carboxylic acids is 2. The lowest BCUT2D eigenvalue weighted by molar-refractivity contribution is -0.135. The molecule has 0 fully saturated rings. The molecule has 2 rings (SSSR count). The number of benzene rings is 1. The summed E-state index contributed by atoms with van der Waals surface area (Å²) < 4.78 is 7.22. The molecule has 2 aromatic rings. The topological polar surface area (TPSA) is 68.6 Å². The first-order chi connectivity index (χ1) is 14.3. The summed E-state index contributed by atoms with van der Waals surface area (Å²) in [7, 11) is 0. The van der Waals surface area contributed by atoms with Gasteiger partial charge in [-0.25, -0.2) is 4.79 Å². The van der Waals surface area contributed by atoms with Gasteiger partial charge in [0.15, 0.2) is 0 Å². The monoisotopic (exact) mass is 430 g/mol. The zero-order chi connectivity index (χ0) is 22.3. The van der Waals surface area contributed by atoms with E-state index in [1.165, 1.54) is 27.5 Å². The highest BCUT2D eigenvalue weighted by molar-refractivity contribution is 7.07. The number of carbonyl (C=O) groups is 2. The first-order valence-corrected chi connectivity index (χ1v) is 11.1. The van der Waals surface area contributed by atoms with E-state index in [0.717, 1.165) is 5.56 Å². The summed E-state index contributed by atoms with van der Waals surface area (Å²) in [6.07, 6.45) is 3.07. The first kappa shape index (κ1) is 23.6. The summed E-state index contributed by atoms with van der Waals surface area (Å²) in [5.74, 6) is -0.267. The number of rotatable bonds is 8. The van der Waals surface area contributed by atoms with Gasteiger partial charge in [0.05, 0.1) is 17.2 Å². The number of aromatic nitrogens is 1. The maximum absolute atomic E-state index is 13.0. The molecule has 0 saturated carbocycles. The Hall–Kier alpha value is -2.67. The molecule has 0 bridgehead atoms. The van der Waals surface area contributed by atoms with Crippen molar-refractivity contribution in [2.45, 2.75) is 47.1 Å². The van der Waals surface area contributed by atoms with E-state index in [2.05, 4.69) is 13.8 Å². The van der Waals surface area contributed by atoms with Crippen LogP contribution in [-0.2, 0) is 20.9 Å². The Labute approximate surface area is 181 Å². The van der Waals surface area contributed by atoms with E-state index in [1.54, 1.807) is 17.9 Å². The van der Waals surface area contributed by atoms with Crippen molar-refractivity contribution in [2.75, 3.05) is 19.7 Å². The van der Waals surface area contributed by atoms with Gasteiger partial charge in [-0.05, 0) is 43.9 Å². The van der Waals surface area contributed by atoms with Crippen LogP contribution >= 0.6 is 11.3 Å². The Morgan fingerprint density at radius 2 is 1.77 bits per heavy atom. The second-order valence-corrected chi connectivity index (χ2v) is 8.19. The zero-order valence-electron chi connectivity index (χ0n) is 18.3. The summed E-state index contributed by atoms with van der Waals surface area (Å²) in [5.41, 5.74) is 1.82. The molecule has 0 radical (unpaired) electrons. The fourth-order valence-corrected chi connectivity index (χ4v) is 4.05. The van der Waals surface area contributed by atoms with Crippen LogP contribution in [0.25, 0.3) is 12.2 Å². The van der Waals surface area contributed by atoms with Crippen molar-refractivity contribution in [3.63, 3.8) is 0 Å². The number of hydrogen-bond donors (Lipinski definition) is 0. The normalized spacial score (nSPS) is 12.5. The summed E-state index contributed by atoms with van der Waals surface area (Å²) >= 11 is 1.18. The molecule has 0 atom stereocenters. The molecule has 7 heteroatoms. The van der Waals surface area contributed by atoms with Crippen LogP contribution in [0, 0.1) is 0 Å². The molecule has 0 aliphatic rings. The van der Waals surface area contributed by atoms with Crippen LogP contribution in [0.3, 0.4) is 0 Å². The molecule has 0 N–H and O–H groups in total. The van der Waals surface area contributed by atoms with Crippen molar-refractivity contribution < 1.29 is 14.3 Å². The Kier molecular flexibility index (Phi) is 8.59. The molecule has 1 aromatic heterocycles. The summed E-state index contributed by atoms with van der Waals surface area (Å²) in [6, 6.07) is 8.01. The Morgan fingerprint density at radius 1 is 1.13 bits per heavy atom. The third-order valence-corrected chi connectivity index (χ3v) is 5.83. The fraction of sp³-hybridized carbons (Fsp3) is 0.435. The Bertz CT molecular complexity index is 1040. The summed E-state index contributed by atoms with van der Waals surface area (Å²) in [4.78, 5) is 39.3. The number of esters is 1. The third kappa shape index (κ3) is 5.92. The molecule has 0 unspecified atom stereocenters. The van der Waals surface area contributed by atoms with Gasteiger partial charge in [-0.2, -0.15) is 0 Å². The van der Waals surface area contributed by atoms with Crippen LogP contribution in [0.1, 0.15) is 51.7 Å². The molecule has 30 heavy (non-hydrogen) atoms. The van der Waals surface area contributed by atoms with E-state index in [-0.39, 0.29) is 24.6 Å². The van der Waals surface area contributed by atoms with Gasteiger partial charge in [-0.3, -0.25) is 14.2 Å². The Morgan fingerprint density at radius 3 is 2.30 bits per heavy atom. The maximum Gasteiger partial charge on any atom is 0.333 e. The molecular formula is C23H30N2O4S. The highest BCUT2D eigenvalue weighted by atomic mass is 32.1. The zero-order valence-corrected chi connectivity index (χ0v) is 19.1. The van der Waals surface area contributed by atoms with Crippen LogP contribution in [0.2, 0.25) is 0 Å². The van der Waals surface area contributed by atoms with Crippen LogP contribution in [0.15, 0.2) is 29.1 Å². The highest BCUT2D eigenvalue weighted by Crippen LogP contribution is 2.14. The van der Waals surface area contributed by atoms with Crippen LogP contribution in [-0.4, -0.2) is 41.0 Å². The van der Waals surface area contributed by atoms with Crippen molar-refractivity contribution in [3.8, 4) is 0 Å². The van der Waals surface area contributed by atoms with E-state index in [0.29, 0.717) is 28.2 Å². The molecule has 0 saturated heterocycles. The maximum atomic E-state index is 13.0. The summed E-state index contributed by atoms with van der Waals surface area (Å²) in [6.45, 7) is 11.0. The predicted molar refractivity (Wildman–Crippen MR) is 121 cm³/mol. The smallest absolute Gasteiger partial charge is 0.333 e. The third-order valence-electron chi connectivity index (χ3n) is 4.77. The molecule has 6 nitrogen and oxygen atoms in total. The van der Waals surface area contributed by atoms with Crippen LogP contribution in [0.4, 0.5) is 0 Å². The molecule has 1 amide bonds. The highest BCUT2D eigenvalue weighted by Gasteiger charge is 2.14. The van der Waals surface area contributed by atoms with E-state index in [4.69, 9.17) is 4.74 Å². The average Bonchev–Trinajstić information content (AvgIpc) is 2.98. The SMILES string of the molecule is CCOC(=O)/C=c1\s/c(=C\c2ccc(C(C)C)cc2)c(=O)n1CC(=O)N(CC)CC. The van der Waals surface area contributed by atoms with E-state index in [1.807, 2.05) is 38.1 Å². The minimum absolute atomic E-state index is 0.109. The largest absolute Gasteiger partial charge is 0.463 e. The van der Waals surface area contributed by atoms with Crippen molar-refractivity contribution in [1.29, 1.82) is 0 Å². The average molecular weight is 431 g/mol. The van der Waals surface area contributed by atoms with Crippen LogP contribution in [0.5, 0.6) is 0 Å². The number of hydrogen-bond acceptors (Lipinski definition) is 5. The minimum Gasteiger partial charge on any atom is -0.463 e. The number of nitrogens with zero attached hydrogens (tertiary/aromatic N) is 2. The van der Waals surface area contributed by atoms with E-state index < -0.39 is 5.97 Å². The second-order valence-electron chi connectivity index (χ2n) is 7.12. The van der Waals surface area contributed by atoms with Crippen molar-refractivity contribution >= 4 is 35.4 Å². The lowest BCUT2D eigenvalue weighted by Gasteiger charge is -2.18.